The van der Waals surface area contributed by atoms with Gasteiger partial charge >= 0.3 is 12.1 Å². The standard InChI is InChI=1S/C22H25N3O4/c1-14(23)24-12-6-11-20(21(26)27)25-22(28)29-13-19-17-9-4-2-7-15(17)16-8-3-5-10-18(16)19/h2-5,7-10,19-20H,6,11-13H2,1H3,(H2,23,24)(H,25,28)(H,26,27). The molecular formula is C22H25N3O4. The average molecular weight is 395 g/mol. The van der Waals surface area contributed by atoms with Gasteiger partial charge in [-0.3, -0.25) is 4.99 Å². The summed E-state index contributed by atoms with van der Waals surface area (Å²) in [6.07, 6.45) is 0.00336. The van der Waals surface area contributed by atoms with Crippen LogP contribution >= 0.6 is 0 Å². The molecule has 7 nitrogen and oxygen atoms in total. The highest BCUT2D eigenvalue weighted by molar-refractivity contribution is 5.81. The van der Waals surface area contributed by atoms with Gasteiger partial charge in [-0.05, 0) is 42.0 Å². The Morgan fingerprint density at radius 1 is 1.14 bits per heavy atom. The Hall–Kier alpha value is -3.35. The van der Waals surface area contributed by atoms with Crippen LogP contribution in [0.25, 0.3) is 11.1 Å². The molecular weight excluding hydrogens is 370 g/mol. The number of benzene rings is 2. The van der Waals surface area contributed by atoms with E-state index in [0.29, 0.717) is 18.8 Å². The number of carboxylic acids is 1. The highest BCUT2D eigenvalue weighted by Gasteiger charge is 2.29. The molecule has 1 unspecified atom stereocenters. The van der Waals surface area contributed by atoms with Gasteiger partial charge < -0.3 is 20.9 Å². The van der Waals surface area contributed by atoms with Crippen LogP contribution in [0, 0.1) is 0 Å². The number of aliphatic imine (C=N–C) groups is 1. The second-order valence-corrected chi connectivity index (χ2v) is 7.03. The van der Waals surface area contributed by atoms with Crippen LogP contribution in [0.1, 0.15) is 36.8 Å². The van der Waals surface area contributed by atoms with Crippen molar-refractivity contribution in [3.05, 3.63) is 59.7 Å². The van der Waals surface area contributed by atoms with Gasteiger partial charge in [-0.1, -0.05) is 48.5 Å². The summed E-state index contributed by atoms with van der Waals surface area (Å²) in [5.74, 6) is -0.730. The molecule has 29 heavy (non-hydrogen) atoms. The molecule has 1 atom stereocenters. The molecule has 4 N–H and O–H groups in total. The number of carbonyl (C=O) groups excluding carboxylic acids is 1. The molecule has 1 amide bonds. The Bertz CT molecular complexity index is 876. The molecule has 7 heteroatoms. The molecule has 3 rings (SSSR count). The number of nitrogens with two attached hydrogens (primary N) is 1. The average Bonchev–Trinajstić information content (AvgIpc) is 3.02. The number of hydrogen-bond acceptors (Lipinski definition) is 4. The number of amides is 1. The maximum atomic E-state index is 12.2. The molecule has 1 aliphatic rings. The van der Waals surface area contributed by atoms with E-state index in [-0.39, 0.29) is 18.9 Å². The van der Waals surface area contributed by atoms with Gasteiger partial charge in [0.25, 0.3) is 0 Å². The Labute approximate surface area is 169 Å². The van der Waals surface area contributed by atoms with Crippen LogP contribution in [0.2, 0.25) is 0 Å². The molecule has 0 heterocycles. The third-order valence-electron chi connectivity index (χ3n) is 4.95. The Morgan fingerprint density at radius 3 is 2.28 bits per heavy atom. The summed E-state index contributed by atoms with van der Waals surface area (Å²) < 4.78 is 5.40. The lowest BCUT2D eigenvalue weighted by Gasteiger charge is -2.17. The fourth-order valence-electron chi connectivity index (χ4n) is 3.59. The third-order valence-corrected chi connectivity index (χ3v) is 4.95. The van der Waals surface area contributed by atoms with Crippen molar-refractivity contribution in [2.24, 2.45) is 10.7 Å². The van der Waals surface area contributed by atoms with Crippen molar-refractivity contribution in [3.8, 4) is 11.1 Å². The summed E-state index contributed by atoms with van der Waals surface area (Å²) in [4.78, 5) is 27.7. The van der Waals surface area contributed by atoms with E-state index in [1.54, 1.807) is 6.92 Å². The van der Waals surface area contributed by atoms with Crippen LogP contribution in [-0.4, -0.2) is 42.2 Å². The van der Waals surface area contributed by atoms with E-state index in [1.165, 1.54) is 0 Å². The zero-order valence-electron chi connectivity index (χ0n) is 16.3. The van der Waals surface area contributed by atoms with Crippen molar-refractivity contribution in [3.63, 3.8) is 0 Å². The lowest BCUT2D eigenvalue weighted by molar-refractivity contribution is -0.139. The van der Waals surface area contributed by atoms with Gasteiger partial charge in [-0.25, -0.2) is 9.59 Å². The number of hydrogen-bond donors (Lipinski definition) is 3. The number of carboxylic acid groups (broad SMARTS) is 1. The summed E-state index contributed by atoms with van der Waals surface area (Å²) in [6.45, 7) is 2.23. The number of nitrogens with zero attached hydrogens (tertiary/aromatic N) is 1. The van der Waals surface area contributed by atoms with Gasteiger partial charge in [-0.2, -0.15) is 0 Å². The predicted molar refractivity (Wildman–Crippen MR) is 111 cm³/mol. The molecule has 0 bridgehead atoms. The molecule has 0 fully saturated rings. The maximum absolute atomic E-state index is 12.2. The monoisotopic (exact) mass is 395 g/mol. The van der Waals surface area contributed by atoms with Crippen molar-refractivity contribution in [1.82, 2.24) is 5.32 Å². The van der Waals surface area contributed by atoms with Gasteiger partial charge in [0, 0.05) is 12.5 Å². The van der Waals surface area contributed by atoms with Gasteiger partial charge in [0.05, 0.1) is 5.84 Å². The van der Waals surface area contributed by atoms with Crippen molar-refractivity contribution in [1.29, 1.82) is 0 Å². The topological polar surface area (TPSA) is 114 Å². The molecule has 0 saturated heterocycles. The van der Waals surface area contributed by atoms with E-state index in [2.05, 4.69) is 22.4 Å². The second kappa shape index (κ2) is 9.23. The van der Waals surface area contributed by atoms with Crippen LogP contribution in [0.5, 0.6) is 0 Å². The van der Waals surface area contributed by atoms with Crippen LogP contribution in [-0.2, 0) is 9.53 Å². The van der Waals surface area contributed by atoms with E-state index >= 15 is 0 Å². The summed E-state index contributed by atoms with van der Waals surface area (Å²) >= 11 is 0. The first-order valence-corrected chi connectivity index (χ1v) is 9.58. The normalized spacial score (nSPS) is 14.0. The Balaban J connectivity index is 1.60. The predicted octanol–water partition coefficient (Wildman–Crippen LogP) is 3.14. The van der Waals surface area contributed by atoms with Crippen LogP contribution in [0.4, 0.5) is 4.79 Å². The van der Waals surface area contributed by atoms with E-state index in [1.807, 2.05) is 36.4 Å². The summed E-state index contributed by atoms with van der Waals surface area (Å²) in [7, 11) is 0. The second-order valence-electron chi connectivity index (χ2n) is 7.03. The molecule has 0 radical (unpaired) electrons. The number of alkyl carbamates (subject to hydrolysis) is 1. The van der Waals surface area contributed by atoms with E-state index in [4.69, 9.17) is 10.5 Å². The molecule has 0 spiro atoms. The molecule has 2 aromatic carbocycles. The summed E-state index contributed by atoms with van der Waals surface area (Å²) in [5, 5.41) is 11.8. The minimum absolute atomic E-state index is 0.0710. The number of amidine groups is 1. The van der Waals surface area contributed by atoms with Gasteiger partial charge in [0.15, 0.2) is 0 Å². The maximum Gasteiger partial charge on any atom is 0.407 e. The first-order valence-electron chi connectivity index (χ1n) is 9.58. The minimum Gasteiger partial charge on any atom is -0.480 e. The van der Waals surface area contributed by atoms with Gasteiger partial charge in [-0.15, -0.1) is 0 Å². The van der Waals surface area contributed by atoms with Crippen molar-refractivity contribution in [2.45, 2.75) is 31.7 Å². The number of nitrogens with one attached hydrogen (secondary N) is 1. The van der Waals surface area contributed by atoms with E-state index in [9.17, 15) is 14.7 Å². The Kier molecular flexibility index (Phi) is 6.49. The van der Waals surface area contributed by atoms with Crippen molar-refractivity contribution < 1.29 is 19.4 Å². The summed E-state index contributed by atoms with van der Waals surface area (Å²) in [5.41, 5.74) is 9.94. The lowest BCUT2D eigenvalue weighted by Crippen LogP contribution is -2.41. The van der Waals surface area contributed by atoms with Crippen LogP contribution in [0.15, 0.2) is 53.5 Å². The zero-order chi connectivity index (χ0) is 20.8. The number of rotatable bonds is 8. The summed E-state index contributed by atoms with van der Waals surface area (Å²) in [6, 6.07) is 15.0. The number of aliphatic carboxylic acids is 1. The first-order chi connectivity index (χ1) is 14.0. The van der Waals surface area contributed by atoms with Gasteiger partial charge in [0.2, 0.25) is 0 Å². The quantitative estimate of drug-likeness (QED) is 0.361. The minimum atomic E-state index is -1.10. The fraction of sp³-hybridized carbons (Fsp3) is 0.318. The third kappa shape index (κ3) is 4.93. The van der Waals surface area contributed by atoms with Crippen molar-refractivity contribution in [2.75, 3.05) is 13.2 Å². The zero-order valence-corrected chi connectivity index (χ0v) is 16.3. The number of carbonyl (C=O) groups is 2. The molecule has 1 aliphatic carbocycles. The molecule has 152 valence electrons. The highest BCUT2D eigenvalue weighted by Crippen LogP contribution is 2.44. The number of ether oxygens (including phenoxy) is 1. The van der Waals surface area contributed by atoms with Crippen LogP contribution < -0.4 is 11.1 Å². The fourth-order valence-corrected chi connectivity index (χ4v) is 3.59. The Morgan fingerprint density at radius 2 is 1.72 bits per heavy atom. The van der Waals surface area contributed by atoms with Crippen LogP contribution in [0.3, 0.4) is 0 Å². The largest absolute Gasteiger partial charge is 0.480 e. The highest BCUT2D eigenvalue weighted by atomic mass is 16.5. The molecule has 0 aromatic heterocycles. The SMILES string of the molecule is CC(N)=NCCCC(NC(=O)OCC1c2ccccc2-c2ccccc21)C(=O)O. The molecule has 0 saturated carbocycles. The van der Waals surface area contributed by atoms with Crippen molar-refractivity contribution >= 4 is 17.9 Å². The molecule has 0 aliphatic heterocycles. The lowest BCUT2D eigenvalue weighted by atomic mass is 9.98. The smallest absolute Gasteiger partial charge is 0.407 e. The number of fused-ring (bicyclic) bond motifs is 3. The van der Waals surface area contributed by atoms with E-state index in [0.717, 1.165) is 22.3 Å². The van der Waals surface area contributed by atoms with Gasteiger partial charge in [0.1, 0.15) is 12.6 Å². The first kappa shape index (κ1) is 20.4. The molecule has 2 aromatic rings. The van der Waals surface area contributed by atoms with E-state index < -0.39 is 18.1 Å².